The van der Waals surface area contributed by atoms with E-state index in [-0.39, 0.29) is 6.09 Å². The van der Waals surface area contributed by atoms with Crippen LogP contribution in [0.3, 0.4) is 0 Å². The van der Waals surface area contributed by atoms with Crippen LogP contribution in [0.1, 0.15) is 24.7 Å². The lowest BCUT2D eigenvalue weighted by molar-refractivity contribution is -0.192. The Labute approximate surface area is 168 Å². The Morgan fingerprint density at radius 3 is 2.57 bits per heavy atom. The highest BCUT2D eigenvalue weighted by Crippen LogP contribution is 2.28. The van der Waals surface area contributed by atoms with Gasteiger partial charge in [-0.25, -0.2) is 9.59 Å². The van der Waals surface area contributed by atoms with E-state index in [9.17, 15) is 18.0 Å². The van der Waals surface area contributed by atoms with Crippen molar-refractivity contribution in [1.29, 1.82) is 0 Å². The van der Waals surface area contributed by atoms with E-state index in [2.05, 4.69) is 15.5 Å². The monoisotopic (exact) mass is 428 g/mol. The summed E-state index contributed by atoms with van der Waals surface area (Å²) in [5, 5.41) is 14.6. The first kappa shape index (κ1) is 21.6. The fraction of sp³-hybridized carbons (Fsp3) is 0.444. The molecule has 1 aromatic carbocycles. The van der Waals surface area contributed by atoms with E-state index < -0.39 is 12.1 Å². The van der Waals surface area contributed by atoms with Gasteiger partial charge in [0.05, 0.1) is 6.54 Å². The van der Waals surface area contributed by atoms with Gasteiger partial charge in [0.1, 0.15) is 6.61 Å². The fourth-order valence-corrected chi connectivity index (χ4v) is 3.03. The number of amides is 1. The summed E-state index contributed by atoms with van der Waals surface area (Å²) in [5.74, 6) is -1.16. The van der Waals surface area contributed by atoms with Crippen molar-refractivity contribution in [2.45, 2.75) is 24.9 Å². The number of hydrogen-bond donors (Lipinski definition) is 2. The molecule has 2 aliphatic rings. The molecule has 4 rings (SSSR count). The SMILES string of the molecule is O=C(O)C(F)(F)F.O=C1OCCN1c1cccc(-c2noc(C3CCNCC3)n2)c1. The Morgan fingerprint density at radius 2 is 1.97 bits per heavy atom. The maximum Gasteiger partial charge on any atom is 0.490 e. The number of carbonyl (C=O) groups excluding carboxylic acids is 1. The van der Waals surface area contributed by atoms with Crippen molar-refractivity contribution in [2.24, 2.45) is 0 Å². The third kappa shape index (κ3) is 5.26. The van der Waals surface area contributed by atoms with Crippen molar-refractivity contribution in [3.8, 4) is 11.4 Å². The summed E-state index contributed by atoms with van der Waals surface area (Å²) in [6.45, 7) is 2.95. The maximum absolute atomic E-state index is 11.7. The largest absolute Gasteiger partial charge is 0.490 e. The van der Waals surface area contributed by atoms with Gasteiger partial charge >= 0.3 is 18.2 Å². The molecule has 0 radical (unpaired) electrons. The molecule has 2 aromatic rings. The van der Waals surface area contributed by atoms with Crippen LogP contribution in [0.15, 0.2) is 28.8 Å². The van der Waals surface area contributed by atoms with Gasteiger partial charge in [0.25, 0.3) is 0 Å². The van der Waals surface area contributed by atoms with Crippen molar-refractivity contribution in [2.75, 3.05) is 31.1 Å². The lowest BCUT2D eigenvalue weighted by Crippen LogP contribution is -2.26. The third-order valence-corrected chi connectivity index (χ3v) is 4.55. The van der Waals surface area contributed by atoms with Gasteiger partial charge in [-0.15, -0.1) is 0 Å². The van der Waals surface area contributed by atoms with E-state index in [1.54, 1.807) is 4.90 Å². The van der Waals surface area contributed by atoms with E-state index in [1.165, 1.54) is 0 Å². The molecule has 2 N–H and O–H groups in total. The van der Waals surface area contributed by atoms with E-state index >= 15 is 0 Å². The van der Waals surface area contributed by atoms with E-state index in [4.69, 9.17) is 19.2 Å². The number of aromatic nitrogens is 2. The minimum absolute atomic E-state index is 0.314. The smallest absolute Gasteiger partial charge is 0.475 e. The number of halogens is 3. The number of aliphatic carboxylic acids is 1. The molecule has 0 aliphatic carbocycles. The number of carbonyl (C=O) groups is 2. The third-order valence-electron chi connectivity index (χ3n) is 4.55. The first-order chi connectivity index (χ1) is 14.3. The van der Waals surface area contributed by atoms with Crippen LogP contribution in [0.5, 0.6) is 0 Å². The number of alkyl halides is 3. The Morgan fingerprint density at radius 1 is 1.27 bits per heavy atom. The molecule has 30 heavy (non-hydrogen) atoms. The summed E-state index contributed by atoms with van der Waals surface area (Å²) in [7, 11) is 0. The number of rotatable bonds is 3. The molecule has 1 aromatic heterocycles. The molecule has 0 spiro atoms. The summed E-state index contributed by atoms with van der Waals surface area (Å²) >= 11 is 0. The minimum Gasteiger partial charge on any atom is -0.475 e. The normalized spacial score (nSPS) is 17.3. The first-order valence-corrected chi connectivity index (χ1v) is 9.15. The highest BCUT2D eigenvalue weighted by Gasteiger charge is 2.38. The second-order valence-corrected chi connectivity index (χ2v) is 6.60. The number of piperidine rings is 1. The molecular weight excluding hydrogens is 409 g/mol. The number of nitrogens with zero attached hydrogens (tertiary/aromatic N) is 3. The Kier molecular flexibility index (Phi) is 6.55. The van der Waals surface area contributed by atoms with Crippen molar-refractivity contribution in [1.82, 2.24) is 15.5 Å². The van der Waals surface area contributed by atoms with Crippen LogP contribution in [0.2, 0.25) is 0 Å². The summed E-state index contributed by atoms with van der Waals surface area (Å²) in [6.07, 6.45) is -3.37. The van der Waals surface area contributed by atoms with Gasteiger partial charge in [-0.3, -0.25) is 4.90 Å². The van der Waals surface area contributed by atoms with Crippen molar-refractivity contribution >= 4 is 17.7 Å². The lowest BCUT2D eigenvalue weighted by atomic mass is 9.98. The number of carboxylic acids is 1. The molecule has 0 unspecified atom stereocenters. The number of anilines is 1. The molecular formula is C18H19F3N4O5. The Balaban J connectivity index is 0.000000318. The second-order valence-electron chi connectivity index (χ2n) is 6.60. The van der Waals surface area contributed by atoms with Crippen LogP contribution in [0.25, 0.3) is 11.4 Å². The Hall–Kier alpha value is -3.15. The summed E-state index contributed by atoms with van der Waals surface area (Å²) < 4.78 is 42.2. The predicted molar refractivity (Wildman–Crippen MR) is 97.0 cm³/mol. The van der Waals surface area contributed by atoms with Crippen molar-refractivity contribution in [3.05, 3.63) is 30.2 Å². The van der Waals surface area contributed by atoms with Crippen LogP contribution < -0.4 is 10.2 Å². The molecule has 0 atom stereocenters. The molecule has 2 saturated heterocycles. The van der Waals surface area contributed by atoms with Crippen LogP contribution in [0.4, 0.5) is 23.7 Å². The van der Waals surface area contributed by atoms with E-state index in [0.29, 0.717) is 30.8 Å². The van der Waals surface area contributed by atoms with Gasteiger partial charge in [0, 0.05) is 17.2 Å². The molecule has 9 nitrogen and oxygen atoms in total. The summed E-state index contributed by atoms with van der Waals surface area (Å²) in [4.78, 5) is 26.7. The molecule has 0 saturated carbocycles. The molecule has 0 bridgehead atoms. The standard InChI is InChI=1S/C16H18N4O3.C2HF3O2/c21-16-20(8-9-22-16)13-3-1-2-12(10-13)14-18-15(23-19-14)11-4-6-17-7-5-11;3-2(4,5)1(6)7/h1-3,10-11,17H,4-9H2;(H,6,7). The van der Waals surface area contributed by atoms with Gasteiger partial charge < -0.3 is 19.7 Å². The predicted octanol–water partition coefficient (Wildman–Crippen LogP) is 2.79. The van der Waals surface area contributed by atoms with Gasteiger partial charge in [-0.2, -0.15) is 18.2 Å². The quantitative estimate of drug-likeness (QED) is 0.766. The summed E-state index contributed by atoms with van der Waals surface area (Å²) in [6, 6.07) is 7.58. The molecule has 162 valence electrons. The molecule has 2 fully saturated rings. The second kappa shape index (κ2) is 9.11. The van der Waals surface area contributed by atoms with Gasteiger partial charge in [0.2, 0.25) is 11.7 Å². The van der Waals surface area contributed by atoms with E-state index in [1.807, 2.05) is 24.3 Å². The highest BCUT2D eigenvalue weighted by atomic mass is 19.4. The zero-order valence-corrected chi connectivity index (χ0v) is 15.7. The fourth-order valence-electron chi connectivity index (χ4n) is 3.03. The van der Waals surface area contributed by atoms with Gasteiger partial charge in [-0.1, -0.05) is 17.3 Å². The van der Waals surface area contributed by atoms with Gasteiger partial charge in [0.15, 0.2) is 0 Å². The average molecular weight is 428 g/mol. The highest BCUT2D eigenvalue weighted by molar-refractivity contribution is 5.90. The Bertz CT molecular complexity index is 896. The molecule has 12 heteroatoms. The first-order valence-electron chi connectivity index (χ1n) is 9.15. The number of carboxylic acid groups (broad SMARTS) is 1. The van der Waals surface area contributed by atoms with Crippen molar-refractivity contribution < 1.29 is 37.1 Å². The van der Waals surface area contributed by atoms with E-state index in [0.717, 1.165) is 37.2 Å². The number of cyclic esters (lactones) is 1. The van der Waals surface area contributed by atoms with Crippen LogP contribution in [0, 0.1) is 0 Å². The number of hydrogen-bond acceptors (Lipinski definition) is 7. The lowest BCUT2D eigenvalue weighted by Gasteiger charge is -2.18. The van der Waals surface area contributed by atoms with Crippen molar-refractivity contribution in [3.63, 3.8) is 0 Å². The van der Waals surface area contributed by atoms with Crippen LogP contribution in [-0.2, 0) is 9.53 Å². The number of ether oxygens (including phenoxy) is 1. The maximum atomic E-state index is 11.7. The molecule has 2 aliphatic heterocycles. The summed E-state index contributed by atoms with van der Waals surface area (Å²) in [5.41, 5.74) is 1.63. The zero-order chi connectivity index (χ0) is 21.7. The average Bonchev–Trinajstić information content (AvgIpc) is 3.38. The molecule has 1 amide bonds. The molecule has 3 heterocycles. The minimum atomic E-state index is -5.08. The van der Waals surface area contributed by atoms with Gasteiger partial charge in [-0.05, 0) is 38.1 Å². The van der Waals surface area contributed by atoms with Crippen LogP contribution >= 0.6 is 0 Å². The number of benzene rings is 1. The number of nitrogens with one attached hydrogen (secondary N) is 1. The zero-order valence-electron chi connectivity index (χ0n) is 15.7. The topological polar surface area (TPSA) is 118 Å². The van der Waals surface area contributed by atoms with Crippen LogP contribution in [-0.4, -0.2) is 59.7 Å².